The van der Waals surface area contributed by atoms with Crippen molar-refractivity contribution in [2.45, 2.75) is 6.92 Å². The average Bonchev–Trinajstić information content (AvgIpc) is 2.47. The monoisotopic (exact) mass is 270 g/mol. The van der Waals surface area contributed by atoms with Gasteiger partial charge in [0.1, 0.15) is 12.4 Å². The number of rotatable bonds is 5. The molecule has 0 atom stereocenters. The van der Waals surface area contributed by atoms with Crippen LogP contribution in [0.3, 0.4) is 0 Å². The Kier molecular flexibility index (Phi) is 4.60. The summed E-state index contributed by atoms with van der Waals surface area (Å²) in [5.41, 5.74) is 7.92. The smallest absolute Gasteiger partial charge is 0.251 e. The van der Waals surface area contributed by atoms with E-state index in [1.807, 2.05) is 37.3 Å². The second-order valence-electron chi connectivity index (χ2n) is 4.49. The van der Waals surface area contributed by atoms with Crippen LogP contribution in [0.25, 0.3) is 0 Å². The number of hydrogen-bond acceptors (Lipinski definition) is 3. The molecule has 4 heteroatoms. The van der Waals surface area contributed by atoms with Crippen molar-refractivity contribution in [2.24, 2.45) is 0 Å². The highest BCUT2D eigenvalue weighted by atomic mass is 16.5. The van der Waals surface area contributed by atoms with Gasteiger partial charge in [-0.1, -0.05) is 18.2 Å². The minimum atomic E-state index is -0.121. The summed E-state index contributed by atoms with van der Waals surface area (Å²) in [7, 11) is 0. The van der Waals surface area contributed by atoms with Crippen LogP contribution >= 0.6 is 0 Å². The van der Waals surface area contributed by atoms with E-state index in [0.717, 1.165) is 11.3 Å². The molecule has 0 spiro atoms. The second kappa shape index (κ2) is 6.61. The van der Waals surface area contributed by atoms with E-state index in [2.05, 4.69) is 5.32 Å². The Labute approximate surface area is 118 Å². The van der Waals surface area contributed by atoms with Crippen LogP contribution < -0.4 is 15.8 Å². The fourth-order valence-corrected chi connectivity index (χ4v) is 1.77. The third-order valence-electron chi connectivity index (χ3n) is 2.93. The molecule has 0 aliphatic rings. The second-order valence-corrected chi connectivity index (χ2v) is 4.49. The SMILES string of the molecule is Cc1cc(C(=O)NCCOc2ccccc2)ccc1N. The van der Waals surface area contributed by atoms with Crippen molar-refractivity contribution in [1.82, 2.24) is 5.32 Å². The normalized spacial score (nSPS) is 10.1. The Morgan fingerprint density at radius 1 is 1.20 bits per heavy atom. The van der Waals surface area contributed by atoms with E-state index < -0.39 is 0 Å². The average molecular weight is 270 g/mol. The summed E-state index contributed by atoms with van der Waals surface area (Å²) < 4.78 is 5.50. The lowest BCUT2D eigenvalue weighted by Crippen LogP contribution is -2.28. The first kappa shape index (κ1) is 13.9. The van der Waals surface area contributed by atoms with Crippen molar-refractivity contribution in [2.75, 3.05) is 18.9 Å². The van der Waals surface area contributed by atoms with Crippen molar-refractivity contribution >= 4 is 11.6 Å². The maximum absolute atomic E-state index is 11.9. The molecule has 0 bridgehead atoms. The van der Waals surface area contributed by atoms with Gasteiger partial charge in [-0.2, -0.15) is 0 Å². The highest BCUT2D eigenvalue weighted by molar-refractivity contribution is 5.94. The van der Waals surface area contributed by atoms with E-state index >= 15 is 0 Å². The minimum absolute atomic E-state index is 0.121. The van der Waals surface area contributed by atoms with Gasteiger partial charge < -0.3 is 15.8 Å². The molecule has 0 aromatic heterocycles. The molecule has 0 heterocycles. The molecule has 2 aromatic carbocycles. The number of carbonyl (C=O) groups is 1. The van der Waals surface area contributed by atoms with E-state index in [4.69, 9.17) is 10.5 Å². The van der Waals surface area contributed by atoms with Gasteiger partial charge >= 0.3 is 0 Å². The highest BCUT2D eigenvalue weighted by Crippen LogP contribution is 2.12. The van der Waals surface area contributed by atoms with Gasteiger partial charge in [0.2, 0.25) is 0 Å². The first-order valence-electron chi connectivity index (χ1n) is 6.49. The number of carbonyl (C=O) groups excluding carboxylic acids is 1. The number of ether oxygens (including phenoxy) is 1. The van der Waals surface area contributed by atoms with Crippen molar-refractivity contribution in [3.63, 3.8) is 0 Å². The van der Waals surface area contributed by atoms with Crippen LogP contribution in [-0.2, 0) is 0 Å². The predicted octanol–water partition coefficient (Wildman–Crippen LogP) is 2.39. The van der Waals surface area contributed by atoms with Crippen LogP contribution in [-0.4, -0.2) is 19.1 Å². The zero-order valence-electron chi connectivity index (χ0n) is 11.4. The van der Waals surface area contributed by atoms with Crippen molar-refractivity contribution in [3.8, 4) is 5.75 Å². The Hall–Kier alpha value is -2.49. The van der Waals surface area contributed by atoms with Crippen molar-refractivity contribution in [1.29, 1.82) is 0 Å². The third-order valence-corrected chi connectivity index (χ3v) is 2.93. The fourth-order valence-electron chi connectivity index (χ4n) is 1.77. The molecule has 0 aliphatic carbocycles. The summed E-state index contributed by atoms with van der Waals surface area (Å²) in [5.74, 6) is 0.676. The number of nitrogens with two attached hydrogens (primary N) is 1. The van der Waals surface area contributed by atoms with E-state index in [9.17, 15) is 4.79 Å². The van der Waals surface area contributed by atoms with Crippen LogP contribution in [0.5, 0.6) is 5.75 Å². The van der Waals surface area contributed by atoms with E-state index in [1.54, 1.807) is 18.2 Å². The molecule has 2 aromatic rings. The molecular weight excluding hydrogens is 252 g/mol. The largest absolute Gasteiger partial charge is 0.492 e. The summed E-state index contributed by atoms with van der Waals surface area (Å²) in [5, 5.41) is 2.81. The zero-order chi connectivity index (χ0) is 14.4. The number of hydrogen-bond donors (Lipinski definition) is 2. The molecule has 104 valence electrons. The summed E-state index contributed by atoms with van der Waals surface area (Å²) in [6.45, 7) is 2.77. The first-order chi connectivity index (χ1) is 9.66. The Morgan fingerprint density at radius 2 is 1.95 bits per heavy atom. The molecule has 1 amide bonds. The Morgan fingerprint density at radius 3 is 2.65 bits per heavy atom. The van der Waals surface area contributed by atoms with Gasteiger partial charge in [0.15, 0.2) is 0 Å². The maximum Gasteiger partial charge on any atom is 0.251 e. The Bertz CT molecular complexity index is 582. The van der Waals surface area contributed by atoms with Gasteiger partial charge in [-0.05, 0) is 42.8 Å². The van der Waals surface area contributed by atoms with Crippen molar-refractivity contribution in [3.05, 3.63) is 59.7 Å². The number of nitrogens with one attached hydrogen (secondary N) is 1. The van der Waals surface area contributed by atoms with Gasteiger partial charge in [0, 0.05) is 11.3 Å². The van der Waals surface area contributed by atoms with E-state index in [0.29, 0.717) is 24.4 Å². The molecule has 0 saturated heterocycles. The number of benzene rings is 2. The summed E-state index contributed by atoms with van der Waals surface area (Å²) in [6.07, 6.45) is 0. The molecule has 3 N–H and O–H groups in total. The molecule has 20 heavy (non-hydrogen) atoms. The van der Waals surface area contributed by atoms with Crippen LogP contribution in [0.15, 0.2) is 48.5 Å². The number of nitrogen functional groups attached to an aromatic ring is 1. The Balaban J connectivity index is 1.79. The molecule has 0 unspecified atom stereocenters. The lowest BCUT2D eigenvalue weighted by atomic mass is 10.1. The molecule has 0 fully saturated rings. The molecule has 0 saturated carbocycles. The van der Waals surface area contributed by atoms with Crippen LogP contribution in [0.4, 0.5) is 5.69 Å². The molecular formula is C16H18N2O2. The number of para-hydroxylation sites is 1. The topological polar surface area (TPSA) is 64.3 Å². The van der Waals surface area contributed by atoms with Gasteiger partial charge in [0.05, 0.1) is 6.54 Å². The predicted molar refractivity (Wildman–Crippen MR) is 79.9 cm³/mol. The van der Waals surface area contributed by atoms with E-state index in [-0.39, 0.29) is 5.91 Å². The highest BCUT2D eigenvalue weighted by Gasteiger charge is 2.06. The maximum atomic E-state index is 11.9. The third kappa shape index (κ3) is 3.75. The molecule has 0 radical (unpaired) electrons. The van der Waals surface area contributed by atoms with Gasteiger partial charge in [0.25, 0.3) is 5.91 Å². The molecule has 4 nitrogen and oxygen atoms in total. The fraction of sp³-hybridized carbons (Fsp3) is 0.188. The van der Waals surface area contributed by atoms with Gasteiger partial charge in [-0.15, -0.1) is 0 Å². The lowest BCUT2D eigenvalue weighted by molar-refractivity contribution is 0.0947. The minimum Gasteiger partial charge on any atom is -0.492 e. The first-order valence-corrected chi connectivity index (χ1v) is 6.49. The van der Waals surface area contributed by atoms with E-state index in [1.165, 1.54) is 0 Å². The summed E-state index contributed by atoms with van der Waals surface area (Å²) in [6, 6.07) is 14.7. The van der Waals surface area contributed by atoms with Crippen LogP contribution in [0.1, 0.15) is 15.9 Å². The van der Waals surface area contributed by atoms with Crippen LogP contribution in [0, 0.1) is 6.92 Å². The number of amides is 1. The van der Waals surface area contributed by atoms with Gasteiger partial charge in [-0.25, -0.2) is 0 Å². The van der Waals surface area contributed by atoms with Crippen LogP contribution in [0.2, 0.25) is 0 Å². The summed E-state index contributed by atoms with van der Waals surface area (Å²) >= 11 is 0. The summed E-state index contributed by atoms with van der Waals surface area (Å²) in [4.78, 5) is 11.9. The van der Waals surface area contributed by atoms with Crippen molar-refractivity contribution < 1.29 is 9.53 Å². The lowest BCUT2D eigenvalue weighted by Gasteiger charge is -2.08. The number of anilines is 1. The zero-order valence-corrected chi connectivity index (χ0v) is 11.4. The quantitative estimate of drug-likeness (QED) is 0.647. The standard InChI is InChI=1S/C16H18N2O2/c1-12-11-13(7-8-15(12)17)16(19)18-9-10-20-14-5-3-2-4-6-14/h2-8,11H,9-10,17H2,1H3,(H,18,19). The van der Waals surface area contributed by atoms with Gasteiger partial charge in [-0.3, -0.25) is 4.79 Å². The molecule has 0 aliphatic heterocycles. The molecule has 2 rings (SSSR count). The number of aryl methyl sites for hydroxylation is 1.